The Kier molecular flexibility index (Phi) is 5.13. The van der Waals surface area contributed by atoms with Gasteiger partial charge in [-0.3, -0.25) is 4.79 Å². The minimum Gasteiger partial charge on any atom is -0.476 e. The van der Waals surface area contributed by atoms with E-state index in [0.29, 0.717) is 43.9 Å². The SMILES string of the molecule is C=CCC1(C(=O)Nc2cccc(-n3cc(C(=O)O)nn3)c2)CCOCC1. The van der Waals surface area contributed by atoms with Crippen LogP contribution in [-0.4, -0.2) is 45.2 Å². The minimum atomic E-state index is -1.15. The van der Waals surface area contributed by atoms with E-state index in [4.69, 9.17) is 9.84 Å². The number of nitrogens with one attached hydrogen (secondary N) is 1. The van der Waals surface area contributed by atoms with Crippen LogP contribution in [0.5, 0.6) is 0 Å². The highest BCUT2D eigenvalue weighted by atomic mass is 16.5. The first-order chi connectivity index (χ1) is 12.5. The molecular formula is C18H20N4O4. The molecule has 0 atom stereocenters. The van der Waals surface area contributed by atoms with Gasteiger partial charge in [0.1, 0.15) is 0 Å². The number of allylic oxidation sites excluding steroid dienone is 1. The Bertz CT molecular complexity index is 824. The van der Waals surface area contributed by atoms with Crippen molar-refractivity contribution in [3.05, 3.63) is 48.8 Å². The van der Waals surface area contributed by atoms with E-state index in [0.717, 1.165) is 0 Å². The predicted molar refractivity (Wildman–Crippen MR) is 94.2 cm³/mol. The monoisotopic (exact) mass is 356 g/mol. The molecule has 1 aromatic heterocycles. The zero-order chi connectivity index (χ0) is 18.6. The number of carboxylic acid groups (broad SMARTS) is 1. The molecule has 136 valence electrons. The van der Waals surface area contributed by atoms with Gasteiger partial charge in [0, 0.05) is 18.9 Å². The number of amides is 1. The van der Waals surface area contributed by atoms with E-state index >= 15 is 0 Å². The van der Waals surface area contributed by atoms with Crippen LogP contribution in [0.2, 0.25) is 0 Å². The summed E-state index contributed by atoms with van der Waals surface area (Å²) in [5, 5.41) is 19.3. The third kappa shape index (κ3) is 3.65. The van der Waals surface area contributed by atoms with Crippen LogP contribution in [0, 0.1) is 5.41 Å². The molecule has 26 heavy (non-hydrogen) atoms. The molecule has 0 spiro atoms. The molecule has 1 fully saturated rings. The number of aromatic carboxylic acids is 1. The van der Waals surface area contributed by atoms with E-state index < -0.39 is 11.4 Å². The Hall–Kier alpha value is -3.00. The van der Waals surface area contributed by atoms with E-state index in [9.17, 15) is 9.59 Å². The molecule has 3 rings (SSSR count). The molecule has 8 heteroatoms. The van der Waals surface area contributed by atoms with Crippen molar-refractivity contribution in [2.45, 2.75) is 19.3 Å². The lowest BCUT2D eigenvalue weighted by Crippen LogP contribution is -2.40. The zero-order valence-electron chi connectivity index (χ0n) is 14.2. The zero-order valence-corrected chi connectivity index (χ0v) is 14.2. The molecule has 0 bridgehead atoms. The number of ether oxygens (including phenoxy) is 1. The first kappa shape index (κ1) is 17.8. The first-order valence-electron chi connectivity index (χ1n) is 8.30. The van der Waals surface area contributed by atoms with Gasteiger partial charge >= 0.3 is 5.97 Å². The molecule has 0 radical (unpaired) electrons. The Labute approximate surface area is 150 Å². The van der Waals surface area contributed by atoms with E-state index in [1.807, 2.05) is 0 Å². The molecule has 1 aromatic carbocycles. The maximum atomic E-state index is 12.9. The minimum absolute atomic E-state index is 0.0670. The van der Waals surface area contributed by atoms with Crippen molar-refractivity contribution in [2.75, 3.05) is 18.5 Å². The van der Waals surface area contributed by atoms with Crippen LogP contribution in [0.25, 0.3) is 5.69 Å². The number of carbonyl (C=O) groups excluding carboxylic acids is 1. The third-order valence-electron chi connectivity index (χ3n) is 4.55. The van der Waals surface area contributed by atoms with Crippen molar-refractivity contribution in [1.29, 1.82) is 0 Å². The molecule has 2 aromatic rings. The highest BCUT2D eigenvalue weighted by molar-refractivity contribution is 5.95. The summed E-state index contributed by atoms with van der Waals surface area (Å²) in [4.78, 5) is 23.8. The molecule has 1 aliphatic rings. The Balaban J connectivity index is 1.80. The topological polar surface area (TPSA) is 106 Å². The van der Waals surface area contributed by atoms with Gasteiger partial charge in [0.05, 0.1) is 17.3 Å². The number of carboxylic acids is 1. The fraction of sp³-hybridized carbons (Fsp3) is 0.333. The van der Waals surface area contributed by atoms with E-state index in [-0.39, 0.29) is 11.6 Å². The lowest BCUT2D eigenvalue weighted by Gasteiger charge is -2.35. The molecule has 0 unspecified atom stereocenters. The number of benzene rings is 1. The summed E-state index contributed by atoms with van der Waals surface area (Å²) in [5.41, 5.74) is 0.550. The molecule has 1 saturated heterocycles. The highest BCUT2D eigenvalue weighted by Crippen LogP contribution is 2.36. The lowest BCUT2D eigenvalue weighted by atomic mass is 9.76. The Morgan fingerprint density at radius 2 is 2.15 bits per heavy atom. The van der Waals surface area contributed by atoms with Gasteiger partial charge in [-0.05, 0) is 37.5 Å². The maximum Gasteiger partial charge on any atom is 0.358 e. The number of rotatable bonds is 6. The van der Waals surface area contributed by atoms with Crippen molar-refractivity contribution in [3.8, 4) is 5.69 Å². The molecule has 1 aliphatic heterocycles. The molecule has 0 saturated carbocycles. The molecule has 2 heterocycles. The van der Waals surface area contributed by atoms with Crippen LogP contribution >= 0.6 is 0 Å². The second kappa shape index (κ2) is 7.49. The van der Waals surface area contributed by atoms with Gasteiger partial charge in [-0.2, -0.15) is 0 Å². The van der Waals surface area contributed by atoms with Gasteiger partial charge in [-0.25, -0.2) is 9.48 Å². The maximum absolute atomic E-state index is 12.9. The van der Waals surface area contributed by atoms with E-state index in [1.165, 1.54) is 10.9 Å². The van der Waals surface area contributed by atoms with Crippen LogP contribution in [0.4, 0.5) is 5.69 Å². The number of nitrogens with zero attached hydrogens (tertiary/aromatic N) is 3. The predicted octanol–water partition coefficient (Wildman–Crippen LogP) is 2.28. The molecule has 0 aliphatic carbocycles. The fourth-order valence-electron chi connectivity index (χ4n) is 3.04. The quantitative estimate of drug-likeness (QED) is 0.769. The summed E-state index contributed by atoms with van der Waals surface area (Å²) in [6.45, 7) is 4.88. The third-order valence-corrected chi connectivity index (χ3v) is 4.55. The fourth-order valence-corrected chi connectivity index (χ4v) is 3.04. The smallest absolute Gasteiger partial charge is 0.358 e. The summed E-state index contributed by atoms with van der Waals surface area (Å²) in [7, 11) is 0. The second-order valence-electron chi connectivity index (χ2n) is 6.24. The molecule has 2 N–H and O–H groups in total. The van der Waals surface area contributed by atoms with E-state index in [1.54, 1.807) is 30.3 Å². The van der Waals surface area contributed by atoms with Crippen LogP contribution in [-0.2, 0) is 9.53 Å². The van der Waals surface area contributed by atoms with Gasteiger partial charge in [0.15, 0.2) is 5.69 Å². The van der Waals surface area contributed by atoms with Crippen LogP contribution < -0.4 is 5.32 Å². The van der Waals surface area contributed by atoms with Crippen molar-refractivity contribution < 1.29 is 19.4 Å². The molecule has 1 amide bonds. The van der Waals surface area contributed by atoms with Crippen LogP contribution in [0.3, 0.4) is 0 Å². The van der Waals surface area contributed by atoms with Crippen molar-refractivity contribution in [3.63, 3.8) is 0 Å². The largest absolute Gasteiger partial charge is 0.476 e. The number of aromatic nitrogens is 3. The summed E-state index contributed by atoms with van der Waals surface area (Å²) in [6.07, 6.45) is 4.98. The van der Waals surface area contributed by atoms with Crippen molar-refractivity contribution in [1.82, 2.24) is 15.0 Å². The average Bonchev–Trinajstić information content (AvgIpc) is 3.13. The van der Waals surface area contributed by atoms with Crippen molar-refractivity contribution >= 4 is 17.6 Å². The summed E-state index contributed by atoms with van der Waals surface area (Å²) >= 11 is 0. The lowest BCUT2D eigenvalue weighted by molar-refractivity contribution is -0.130. The molecule has 8 nitrogen and oxygen atoms in total. The average molecular weight is 356 g/mol. The van der Waals surface area contributed by atoms with E-state index in [2.05, 4.69) is 22.2 Å². The van der Waals surface area contributed by atoms with Gasteiger partial charge in [0.25, 0.3) is 0 Å². The van der Waals surface area contributed by atoms with Crippen LogP contribution in [0.15, 0.2) is 43.1 Å². The van der Waals surface area contributed by atoms with Gasteiger partial charge in [-0.15, -0.1) is 11.7 Å². The van der Waals surface area contributed by atoms with Gasteiger partial charge in [0.2, 0.25) is 5.91 Å². The Morgan fingerprint density at radius 1 is 1.38 bits per heavy atom. The summed E-state index contributed by atoms with van der Waals surface area (Å²) < 4.78 is 6.74. The standard InChI is InChI=1S/C18H20N4O4/c1-2-6-18(7-9-26-10-8-18)17(25)19-13-4-3-5-14(11-13)22-12-15(16(23)24)20-21-22/h2-5,11-12H,1,6-10H2,(H,19,25)(H,23,24). The number of carbonyl (C=O) groups is 2. The van der Waals surface area contributed by atoms with Crippen LogP contribution in [0.1, 0.15) is 29.8 Å². The number of anilines is 1. The van der Waals surface area contributed by atoms with Crippen molar-refractivity contribution in [2.24, 2.45) is 5.41 Å². The molecular weight excluding hydrogens is 336 g/mol. The van der Waals surface area contributed by atoms with Gasteiger partial charge in [-0.1, -0.05) is 17.4 Å². The Morgan fingerprint density at radius 3 is 2.81 bits per heavy atom. The summed E-state index contributed by atoms with van der Waals surface area (Å²) in [6, 6.07) is 7.01. The van der Waals surface area contributed by atoms with Gasteiger partial charge < -0.3 is 15.2 Å². The summed E-state index contributed by atoms with van der Waals surface area (Å²) in [5.74, 6) is -1.21. The normalized spacial score (nSPS) is 16.0. The second-order valence-corrected chi connectivity index (χ2v) is 6.24. The first-order valence-corrected chi connectivity index (χ1v) is 8.30. The number of hydrogen-bond donors (Lipinski definition) is 2. The number of hydrogen-bond acceptors (Lipinski definition) is 5. The highest BCUT2D eigenvalue weighted by Gasteiger charge is 2.38.